The van der Waals surface area contributed by atoms with Crippen LogP contribution in [-0.4, -0.2) is 41.5 Å². The van der Waals surface area contributed by atoms with Crippen LogP contribution in [0.5, 0.6) is 5.75 Å². The first-order valence-electron chi connectivity index (χ1n) is 8.72. The van der Waals surface area contributed by atoms with E-state index in [1.807, 2.05) is 6.07 Å². The number of carbonyl (C=O) groups is 3. The number of aliphatic hydroxyl groups is 1. The highest BCUT2D eigenvalue weighted by Gasteiger charge is 2.51. The van der Waals surface area contributed by atoms with Crippen molar-refractivity contribution in [2.75, 3.05) is 13.7 Å². The monoisotopic (exact) mass is 401 g/mol. The Balaban J connectivity index is 1.69. The number of ether oxygens (including phenoxy) is 1. The van der Waals surface area contributed by atoms with Crippen molar-refractivity contribution in [3.8, 4) is 5.75 Å². The lowest BCUT2D eigenvalue weighted by Crippen LogP contribution is -2.52. The Morgan fingerprint density at radius 1 is 1.29 bits per heavy atom. The standard InChI is InChI=1S/C19H19N3O5S/c1-10(23)14-5-6-15(28-14)19(17(25)20-18(26)21-19)9-22-8-11-3-4-12(27-2)7-13(11)16(22)24/h3-7,10,23H,8-9H2,1-2H3,(H2,20,21,25,26). The molecule has 2 atom stereocenters. The van der Waals surface area contributed by atoms with Crippen molar-refractivity contribution in [3.63, 3.8) is 0 Å². The van der Waals surface area contributed by atoms with Crippen molar-refractivity contribution in [3.05, 3.63) is 51.2 Å². The largest absolute Gasteiger partial charge is 0.497 e. The molecule has 3 N–H and O–H groups in total. The Kier molecular flexibility index (Phi) is 4.35. The maximum absolute atomic E-state index is 12.9. The molecule has 4 rings (SSSR count). The summed E-state index contributed by atoms with van der Waals surface area (Å²) in [6.45, 7) is 1.95. The number of hydrogen-bond donors (Lipinski definition) is 3. The highest BCUT2D eigenvalue weighted by Crippen LogP contribution is 2.36. The van der Waals surface area contributed by atoms with Gasteiger partial charge in [-0.15, -0.1) is 11.3 Å². The second-order valence-corrected chi connectivity index (χ2v) is 7.99. The number of rotatable bonds is 5. The van der Waals surface area contributed by atoms with Gasteiger partial charge in [-0.3, -0.25) is 14.9 Å². The van der Waals surface area contributed by atoms with E-state index in [9.17, 15) is 19.5 Å². The van der Waals surface area contributed by atoms with Gasteiger partial charge in [-0.2, -0.15) is 0 Å². The van der Waals surface area contributed by atoms with Gasteiger partial charge in [0.1, 0.15) is 5.75 Å². The fourth-order valence-corrected chi connectivity index (χ4v) is 4.62. The van der Waals surface area contributed by atoms with Crippen LogP contribution in [0.4, 0.5) is 4.79 Å². The highest BCUT2D eigenvalue weighted by atomic mass is 32.1. The highest BCUT2D eigenvalue weighted by molar-refractivity contribution is 7.12. The van der Waals surface area contributed by atoms with Gasteiger partial charge in [0.15, 0.2) is 5.54 Å². The molecule has 0 aliphatic carbocycles. The maximum Gasteiger partial charge on any atom is 0.322 e. The third kappa shape index (κ3) is 2.83. The Labute approximate surface area is 165 Å². The normalized spacial score (nSPS) is 22.1. The fourth-order valence-electron chi connectivity index (χ4n) is 3.54. The van der Waals surface area contributed by atoms with Gasteiger partial charge in [-0.1, -0.05) is 6.07 Å². The molecule has 4 amide bonds. The van der Waals surface area contributed by atoms with Crippen LogP contribution in [0.25, 0.3) is 0 Å². The van der Waals surface area contributed by atoms with E-state index in [0.717, 1.165) is 5.56 Å². The van der Waals surface area contributed by atoms with Crippen molar-refractivity contribution >= 4 is 29.2 Å². The van der Waals surface area contributed by atoms with Gasteiger partial charge in [-0.25, -0.2) is 4.79 Å². The van der Waals surface area contributed by atoms with Crippen molar-refractivity contribution in [1.29, 1.82) is 0 Å². The molecule has 1 aromatic heterocycles. The second-order valence-electron chi connectivity index (χ2n) is 6.88. The SMILES string of the molecule is COc1ccc2c(c1)C(=O)N(CC1(c3ccc(C(C)O)s3)NC(=O)NC1=O)C2. The lowest BCUT2D eigenvalue weighted by atomic mass is 9.96. The minimum atomic E-state index is -1.39. The van der Waals surface area contributed by atoms with Crippen molar-refractivity contribution in [2.45, 2.75) is 25.1 Å². The Hall–Kier alpha value is -2.91. The molecule has 28 heavy (non-hydrogen) atoms. The predicted octanol–water partition coefficient (Wildman–Crippen LogP) is 1.50. The van der Waals surface area contributed by atoms with Gasteiger partial charge in [-0.05, 0) is 36.8 Å². The van der Waals surface area contributed by atoms with Crippen molar-refractivity contribution in [2.24, 2.45) is 0 Å². The third-order valence-corrected chi connectivity index (χ3v) is 6.44. The fraction of sp³-hybridized carbons (Fsp3) is 0.316. The van der Waals surface area contributed by atoms with E-state index < -0.39 is 23.6 Å². The maximum atomic E-state index is 12.9. The molecule has 1 saturated heterocycles. The van der Waals surface area contributed by atoms with E-state index in [0.29, 0.717) is 27.6 Å². The summed E-state index contributed by atoms with van der Waals surface area (Å²) in [5.74, 6) is -0.164. The summed E-state index contributed by atoms with van der Waals surface area (Å²) in [7, 11) is 1.53. The minimum absolute atomic E-state index is 0.0137. The summed E-state index contributed by atoms with van der Waals surface area (Å²) in [5.41, 5.74) is -0.0342. The Morgan fingerprint density at radius 2 is 2.07 bits per heavy atom. The van der Waals surface area contributed by atoms with Gasteiger partial charge in [0.2, 0.25) is 0 Å². The molecule has 2 aliphatic heterocycles. The molecule has 0 spiro atoms. The van der Waals surface area contributed by atoms with Gasteiger partial charge in [0, 0.05) is 21.9 Å². The summed E-state index contributed by atoms with van der Waals surface area (Å²) in [4.78, 5) is 40.4. The van der Waals surface area contributed by atoms with Gasteiger partial charge in [0.05, 0.1) is 19.8 Å². The number of nitrogens with zero attached hydrogens (tertiary/aromatic N) is 1. The third-order valence-electron chi connectivity index (χ3n) is 5.02. The van der Waals surface area contributed by atoms with Crippen LogP contribution in [0.2, 0.25) is 0 Å². The molecule has 1 fully saturated rings. The van der Waals surface area contributed by atoms with E-state index in [1.54, 1.807) is 31.2 Å². The average molecular weight is 401 g/mol. The number of amides is 4. The zero-order valence-electron chi connectivity index (χ0n) is 15.3. The van der Waals surface area contributed by atoms with E-state index in [-0.39, 0.29) is 12.5 Å². The number of urea groups is 1. The molecular formula is C19H19N3O5S. The molecule has 0 bridgehead atoms. The minimum Gasteiger partial charge on any atom is -0.497 e. The summed E-state index contributed by atoms with van der Waals surface area (Å²) >= 11 is 1.23. The molecule has 0 saturated carbocycles. The number of imide groups is 1. The van der Waals surface area contributed by atoms with Crippen LogP contribution < -0.4 is 15.4 Å². The molecule has 3 heterocycles. The number of nitrogens with one attached hydrogen (secondary N) is 2. The van der Waals surface area contributed by atoms with E-state index in [2.05, 4.69) is 10.6 Å². The van der Waals surface area contributed by atoms with Crippen molar-refractivity contribution in [1.82, 2.24) is 15.5 Å². The summed E-state index contributed by atoms with van der Waals surface area (Å²) < 4.78 is 5.19. The molecular weight excluding hydrogens is 382 g/mol. The molecule has 146 valence electrons. The molecule has 2 aromatic rings. The average Bonchev–Trinajstić information content (AvgIpc) is 3.33. The van der Waals surface area contributed by atoms with Crippen LogP contribution in [0.15, 0.2) is 30.3 Å². The number of methoxy groups -OCH3 is 1. The Morgan fingerprint density at radius 3 is 2.68 bits per heavy atom. The lowest BCUT2D eigenvalue weighted by molar-refractivity contribution is -0.124. The Bertz CT molecular complexity index is 986. The summed E-state index contributed by atoms with van der Waals surface area (Å²) in [6, 6.07) is 8.09. The first-order valence-corrected chi connectivity index (χ1v) is 9.54. The van der Waals surface area contributed by atoms with Gasteiger partial charge in [0.25, 0.3) is 11.8 Å². The summed E-state index contributed by atoms with van der Waals surface area (Å²) in [5, 5.41) is 14.8. The van der Waals surface area contributed by atoms with E-state index in [1.165, 1.54) is 23.3 Å². The molecule has 9 heteroatoms. The van der Waals surface area contributed by atoms with Crippen LogP contribution in [0.3, 0.4) is 0 Å². The quantitative estimate of drug-likeness (QED) is 0.658. The van der Waals surface area contributed by atoms with Gasteiger partial charge >= 0.3 is 6.03 Å². The second kappa shape index (κ2) is 6.61. The first-order chi connectivity index (χ1) is 13.3. The molecule has 1 aromatic carbocycles. The number of thiophene rings is 1. The van der Waals surface area contributed by atoms with Gasteiger partial charge < -0.3 is 20.1 Å². The van der Waals surface area contributed by atoms with Crippen LogP contribution in [0, 0.1) is 0 Å². The first kappa shape index (κ1) is 18.5. The number of aliphatic hydroxyl groups excluding tert-OH is 1. The number of carbonyl (C=O) groups excluding carboxylic acids is 3. The number of benzene rings is 1. The molecule has 2 unspecified atom stereocenters. The molecule has 8 nitrogen and oxygen atoms in total. The molecule has 2 aliphatic rings. The predicted molar refractivity (Wildman–Crippen MR) is 101 cm³/mol. The topological polar surface area (TPSA) is 108 Å². The van der Waals surface area contributed by atoms with Crippen LogP contribution in [0.1, 0.15) is 38.7 Å². The summed E-state index contributed by atoms with van der Waals surface area (Å²) in [6.07, 6.45) is -0.693. The van der Waals surface area contributed by atoms with E-state index >= 15 is 0 Å². The van der Waals surface area contributed by atoms with E-state index in [4.69, 9.17) is 4.74 Å². The lowest BCUT2D eigenvalue weighted by Gasteiger charge is -2.30. The number of hydrogen-bond acceptors (Lipinski definition) is 6. The van der Waals surface area contributed by atoms with Crippen LogP contribution in [-0.2, 0) is 16.9 Å². The molecule has 0 radical (unpaired) electrons. The zero-order valence-corrected chi connectivity index (χ0v) is 16.1. The van der Waals surface area contributed by atoms with Crippen molar-refractivity contribution < 1.29 is 24.2 Å². The number of fused-ring (bicyclic) bond motifs is 1. The van der Waals surface area contributed by atoms with Crippen LogP contribution >= 0.6 is 11.3 Å². The zero-order chi connectivity index (χ0) is 20.1. The smallest absolute Gasteiger partial charge is 0.322 e.